The average Bonchev–Trinajstić information content (AvgIpc) is 3.46. The maximum Gasteiger partial charge on any atom is 0.407 e. The molecule has 1 unspecified atom stereocenters. The molecule has 0 radical (unpaired) electrons. The van der Waals surface area contributed by atoms with E-state index in [1.807, 2.05) is 24.3 Å². The Morgan fingerprint density at radius 3 is 2.80 bits per heavy atom. The van der Waals surface area contributed by atoms with E-state index in [9.17, 15) is 14.7 Å². The Balaban J connectivity index is 1.40. The van der Waals surface area contributed by atoms with Crippen molar-refractivity contribution in [3.8, 4) is 17.6 Å². The van der Waals surface area contributed by atoms with Crippen LogP contribution in [-0.4, -0.2) is 50.0 Å². The minimum absolute atomic E-state index is 0.104. The number of likely N-dealkylation sites (tertiary alicyclic amines) is 1. The number of nitrogens with zero attached hydrogens (tertiary/aromatic N) is 4. The largest absolute Gasteiger partial charge is 0.486 e. The van der Waals surface area contributed by atoms with E-state index in [0.29, 0.717) is 63.9 Å². The molecule has 0 aliphatic carbocycles. The molecule has 0 bridgehead atoms. The SMILES string of the molecule is C=CC(=O)Nc1cc2c(Nc3ccc(OCc4ccccn4)c(Cl)c3)ncnc2cc1C#CC1CCN(C(=O)O)C1. The monoisotopic (exact) mass is 568 g/mol. The molecule has 10 nitrogen and oxygen atoms in total. The molecule has 206 valence electrons. The van der Waals surface area contributed by atoms with Crippen LogP contribution in [-0.2, 0) is 11.4 Å². The molecule has 1 fully saturated rings. The Morgan fingerprint density at radius 1 is 1.20 bits per heavy atom. The van der Waals surface area contributed by atoms with Gasteiger partial charge in [-0.1, -0.05) is 36.1 Å². The van der Waals surface area contributed by atoms with E-state index < -0.39 is 12.0 Å². The van der Waals surface area contributed by atoms with Crippen LogP contribution in [0.3, 0.4) is 0 Å². The van der Waals surface area contributed by atoms with Crippen LogP contribution in [0, 0.1) is 17.8 Å². The molecule has 0 saturated carbocycles. The van der Waals surface area contributed by atoms with Crippen LogP contribution in [0.2, 0.25) is 5.02 Å². The van der Waals surface area contributed by atoms with E-state index in [-0.39, 0.29) is 12.5 Å². The lowest BCUT2D eigenvalue weighted by molar-refractivity contribution is -0.111. The van der Waals surface area contributed by atoms with Crippen LogP contribution in [0.1, 0.15) is 17.7 Å². The maximum atomic E-state index is 12.2. The quantitative estimate of drug-likeness (QED) is 0.197. The number of carboxylic acid groups (broad SMARTS) is 1. The van der Waals surface area contributed by atoms with Crippen molar-refractivity contribution < 1.29 is 19.4 Å². The van der Waals surface area contributed by atoms with Gasteiger partial charge in [0.2, 0.25) is 5.91 Å². The Hall–Kier alpha value is -5.14. The van der Waals surface area contributed by atoms with Crippen LogP contribution in [0.25, 0.3) is 10.9 Å². The van der Waals surface area contributed by atoms with Crippen LogP contribution < -0.4 is 15.4 Å². The molecule has 5 rings (SSSR count). The van der Waals surface area contributed by atoms with Gasteiger partial charge in [0.05, 0.1) is 27.5 Å². The molecular weight excluding hydrogens is 544 g/mol. The number of benzene rings is 2. The van der Waals surface area contributed by atoms with Crippen LogP contribution in [0.4, 0.5) is 22.0 Å². The lowest BCUT2D eigenvalue weighted by Crippen LogP contribution is -2.26. The highest BCUT2D eigenvalue weighted by molar-refractivity contribution is 6.32. The van der Waals surface area contributed by atoms with Crippen LogP contribution in [0.15, 0.2) is 73.7 Å². The molecule has 2 amide bonds. The minimum atomic E-state index is -0.955. The van der Waals surface area contributed by atoms with Crippen molar-refractivity contribution in [3.63, 3.8) is 0 Å². The van der Waals surface area contributed by atoms with Gasteiger partial charge in [-0.05, 0) is 55.0 Å². The first kappa shape index (κ1) is 27.4. The van der Waals surface area contributed by atoms with Gasteiger partial charge in [-0.15, -0.1) is 0 Å². The summed E-state index contributed by atoms with van der Waals surface area (Å²) in [7, 11) is 0. The Labute approximate surface area is 241 Å². The lowest BCUT2D eigenvalue weighted by Gasteiger charge is -2.13. The number of hydrogen-bond acceptors (Lipinski definition) is 7. The van der Waals surface area contributed by atoms with Crippen molar-refractivity contribution in [2.24, 2.45) is 5.92 Å². The number of hydrogen-bond donors (Lipinski definition) is 3. The fourth-order valence-corrected chi connectivity index (χ4v) is 4.53. The zero-order valence-electron chi connectivity index (χ0n) is 21.8. The predicted molar refractivity (Wildman–Crippen MR) is 156 cm³/mol. The van der Waals surface area contributed by atoms with E-state index in [4.69, 9.17) is 16.3 Å². The number of halogens is 1. The summed E-state index contributed by atoms with van der Waals surface area (Å²) in [5, 5.41) is 16.3. The second kappa shape index (κ2) is 12.4. The molecule has 2 aromatic heterocycles. The summed E-state index contributed by atoms with van der Waals surface area (Å²) in [5.41, 5.74) is 3.06. The lowest BCUT2D eigenvalue weighted by atomic mass is 10.1. The highest BCUT2D eigenvalue weighted by Gasteiger charge is 2.24. The smallest absolute Gasteiger partial charge is 0.407 e. The molecule has 11 heteroatoms. The van der Waals surface area contributed by atoms with Gasteiger partial charge in [-0.2, -0.15) is 0 Å². The number of anilines is 3. The maximum absolute atomic E-state index is 12.2. The number of nitrogens with one attached hydrogen (secondary N) is 2. The molecule has 0 spiro atoms. The summed E-state index contributed by atoms with van der Waals surface area (Å²) in [6.07, 6.45) is 3.99. The fraction of sp³-hybridized carbons (Fsp3) is 0.167. The first-order valence-corrected chi connectivity index (χ1v) is 13.1. The molecule has 1 aliphatic rings. The molecule has 1 saturated heterocycles. The first-order valence-electron chi connectivity index (χ1n) is 12.7. The van der Waals surface area contributed by atoms with E-state index in [1.54, 1.807) is 30.5 Å². The molecule has 4 aromatic rings. The van der Waals surface area contributed by atoms with Gasteiger partial charge < -0.3 is 25.4 Å². The van der Waals surface area contributed by atoms with Crippen molar-refractivity contribution in [2.45, 2.75) is 13.0 Å². The van der Waals surface area contributed by atoms with Crippen molar-refractivity contribution >= 4 is 51.7 Å². The minimum Gasteiger partial charge on any atom is -0.486 e. The molecule has 41 heavy (non-hydrogen) atoms. The van der Waals surface area contributed by atoms with Crippen molar-refractivity contribution in [1.29, 1.82) is 0 Å². The number of aromatic nitrogens is 3. The summed E-state index contributed by atoms with van der Waals surface area (Å²) in [5.74, 6) is 6.76. The molecule has 2 aromatic carbocycles. The normalized spacial score (nSPS) is 14.2. The number of carbonyl (C=O) groups is 2. The van der Waals surface area contributed by atoms with Gasteiger partial charge in [0.1, 0.15) is 24.5 Å². The van der Waals surface area contributed by atoms with Gasteiger partial charge in [0.15, 0.2) is 0 Å². The Bertz CT molecular complexity index is 1690. The fourth-order valence-electron chi connectivity index (χ4n) is 4.29. The summed E-state index contributed by atoms with van der Waals surface area (Å²) in [6, 6.07) is 14.4. The number of carbonyl (C=O) groups excluding carboxylic acids is 1. The topological polar surface area (TPSA) is 130 Å². The van der Waals surface area contributed by atoms with E-state index in [2.05, 4.69) is 44.0 Å². The molecule has 1 aliphatic heterocycles. The van der Waals surface area contributed by atoms with Crippen molar-refractivity contribution in [2.75, 3.05) is 23.7 Å². The molecule has 3 N–H and O–H groups in total. The number of pyridine rings is 1. The third-order valence-corrected chi connectivity index (χ3v) is 6.68. The van der Waals surface area contributed by atoms with Crippen LogP contribution >= 0.6 is 11.6 Å². The second-order valence-electron chi connectivity index (χ2n) is 9.19. The standard InChI is InChI=1S/C30H25ClN6O4/c1-2-28(38)36-25-15-23-26(13-20(25)7-6-19-10-12-37(16-19)30(39)40)33-18-34-29(23)35-21-8-9-27(24(31)14-21)41-17-22-5-3-4-11-32-22/h2-5,8-9,11,13-15,18-19H,1,10,12,16-17H2,(H,36,38)(H,39,40)(H,33,34,35). The van der Waals surface area contributed by atoms with Gasteiger partial charge >= 0.3 is 6.09 Å². The summed E-state index contributed by atoms with van der Waals surface area (Å²) in [6.45, 7) is 4.60. The summed E-state index contributed by atoms with van der Waals surface area (Å²) in [4.78, 5) is 37.8. The van der Waals surface area contributed by atoms with E-state index >= 15 is 0 Å². The van der Waals surface area contributed by atoms with E-state index in [1.165, 1.54) is 17.3 Å². The average molecular weight is 569 g/mol. The zero-order valence-corrected chi connectivity index (χ0v) is 22.6. The second-order valence-corrected chi connectivity index (χ2v) is 9.60. The highest BCUT2D eigenvalue weighted by Crippen LogP contribution is 2.32. The van der Waals surface area contributed by atoms with Crippen LogP contribution in [0.5, 0.6) is 5.75 Å². The van der Waals surface area contributed by atoms with Crippen molar-refractivity contribution in [3.05, 3.63) is 90.0 Å². The predicted octanol–water partition coefficient (Wildman–Crippen LogP) is 5.48. The van der Waals surface area contributed by atoms with Gasteiger partial charge in [-0.25, -0.2) is 14.8 Å². The Morgan fingerprint density at radius 2 is 2.07 bits per heavy atom. The number of ether oxygens (including phenoxy) is 1. The number of rotatable bonds is 7. The number of amides is 2. The number of fused-ring (bicyclic) bond motifs is 1. The molecular formula is C30H25ClN6O4. The van der Waals surface area contributed by atoms with Gasteiger partial charge in [-0.3, -0.25) is 9.78 Å². The highest BCUT2D eigenvalue weighted by atomic mass is 35.5. The molecule has 1 atom stereocenters. The summed E-state index contributed by atoms with van der Waals surface area (Å²) >= 11 is 6.49. The third-order valence-electron chi connectivity index (χ3n) is 6.38. The van der Waals surface area contributed by atoms with E-state index in [0.717, 1.165) is 5.69 Å². The Kier molecular flexibility index (Phi) is 8.27. The van der Waals surface area contributed by atoms with Gasteiger partial charge in [0.25, 0.3) is 0 Å². The first-order chi connectivity index (χ1) is 19.9. The summed E-state index contributed by atoms with van der Waals surface area (Å²) < 4.78 is 5.81. The van der Waals surface area contributed by atoms with Crippen molar-refractivity contribution in [1.82, 2.24) is 19.9 Å². The third kappa shape index (κ3) is 6.72. The molecule has 3 heterocycles. The zero-order chi connectivity index (χ0) is 28.8. The van der Waals surface area contributed by atoms with Gasteiger partial charge in [0, 0.05) is 36.3 Å².